The Kier molecular flexibility index (Phi) is 3.53. The molecule has 1 aliphatic heterocycles. The van der Waals surface area contributed by atoms with Crippen LogP contribution in [0, 0.1) is 5.92 Å². The summed E-state index contributed by atoms with van der Waals surface area (Å²) in [6, 6.07) is 0. The Bertz CT molecular complexity index is 156. The molecule has 0 amide bonds. The van der Waals surface area contributed by atoms with Crippen molar-refractivity contribution in [2.45, 2.75) is 38.7 Å². The molecule has 0 saturated carbocycles. The Balaban J connectivity index is 2.31. The van der Waals surface area contributed by atoms with Crippen molar-refractivity contribution in [2.75, 3.05) is 6.61 Å². The molecule has 1 fully saturated rings. The molecule has 0 unspecified atom stereocenters. The normalized spacial score (nSPS) is 29.0. The van der Waals surface area contributed by atoms with E-state index in [-0.39, 0.29) is 24.6 Å². The van der Waals surface area contributed by atoms with Crippen LogP contribution in [0.5, 0.6) is 0 Å². The zero-order valence-electron chi connectivity index (χ0n) is 7.45. The molecule has 1 heterocycles. The number of unbranched alkanes of at least 4 members (excludes halogenated alkanes) is 1. The second-order valence-electron chi connectivity index (χ2n) is 3.32. The van der Waals surface area contributed by atoms with Gasteiger partial charge in [0.1, 0.15) is 6.10 Å². The Hall–Kier alpha value is -0.570. The standard InChI is InChI=1S/C9H16O3/c1-2-3-4-7-5-8(6-10)12-9(7)11/h7-8,10H,2-6H2,1H3/t7-,8-/m0/s1. The summed E-state index contributed by atoms with van der Waals surface area (Å²) in [4.78, 5) is 11.1. The van der Waals surface area contributed by atoms with Crippen LogP contribution in [0.1, 0.15) is 32.6 Å². The molecule has 1 rings (SSSR count). The van der Waals surface area contributed by atoms with Gasteiger partial charge in [-0.3, -0.25) is 4.79 Å². The van der Waals surface area contributed by atoms with Gasteiger partial charge in [-0.05, 0) is 12.8 Å². The van der Waals surface area contributed by atoms with Crippen molar-refractivity contribution in [1.29, 1.82) is 0 Å². The molecule has 0 aliphatic carbocycles. The molecule has 1 aliphatic rings. The van der Waals surface area contributed by atoms with Crippen LogP contribution >= 0.6 is 0 Å². The SMILES string of the molecule is CCCC[C@H]1C[C@@H](CO)OC1=O. The lowest BCUT2D eigenvalue weighted by Gasteiger charge is -2.02. The van der Waals surface area contributed by atoms with Gasteiger partial charge in [-0.2, -0.15) is 0 Å². The number of aliphatic hydroxyl groups is 1. The number of hydrogen-bond acceptors (Lipinski definition) is 3. The van der Waals surface area contributed by atoms with Crippen molar-refractivity contribution < 1.29 is 14.6 Å². The molecular weight excluding hydrogens is 156 g/mol. The Morgan fingerprint density at radius 2 is 2.42 bits per heavy atom. The third-order valence-electron chi connectivity index (χ3n) is 2.27. The van der Waals surface area contributed by atoms with E-state index in [1.165, 1.54) is 0 Å². The summed E-state index contributed by atoms with van der Waals surface area (Å²) in [6.07, 6.45) is 3.55. The van der Waals surface area contributed by atoms with E-state index in [1.807, 2.05) is 0 Å². The van der Waals surface area contributed by atoms with Gasteiger partial charge in [0, 0.05) is 0 Å². The highest BCUT2D eigenvalue weighted by Crippen LogP contribution is 2.25. The maximum Gasteiger partial charge on any atom is 0.309 e. The lowest BCUT2D eigenvalue weighted by atomic mass is 9.99. The molecule has 12 heavy (non-hydrogen) atoms. The van der Waals surface area contributed by atoms with Gasteiger partial charge in [-0.25, -0.2) is 0 Å². The van der Waals surface area contributed by atoms with Crippen LogP contribution < -0.4 is 0 Å². The molecule has 2 atom stereocenters. The minimum absolute atomic E-state index is 0.0334. The molecule has 3 heteroatoms. The summed E-state index contributed by atoms with van der Waals surface area (Å²) in [5.41, 5.74) is 0. The fourth-order valence-electron chi connectivity index (χ4n) is 1.52. The number of ether oxygens (including phenoxy) is 1. The molecule has 1 N–H and O–H groups in total. The molecule has 0 aromatic rings. The fraction of sp³-hybridized carbons (Fsp3) is 0.889. The second-order valence-corrected chi connectivity index (χ2v) is 3.32. The minimum atomic E-state index is -0.237. The maximum atomic E-state index is 11.1. The lowest BCUT2D eigenvalue weighted by Crippen LogP contribution is -2.10. The van der Waals surface area contributed by atoms with Crippen LogP contribution in [0.4, 0.5) is 0 Å². The highest BCUT2D eigenvalue weighted by molar-refractivity contribution is 5.74. The minimum Gasteiger partial charge on any atom is -0.460 e. The summed E-state index contributed by atoms with van der Waals surface area (Å²) < 4.78 is 4.93. The first kappa shape index (κ1) is 9.52. The summed E-state index contributed by atoms with van der Waals surface area (Å²) in [6.45, 7) is 2.07. The van der Waals surface area contributed by atoms with E-state index in [2.05, 4.69) is 6.92 Å². The highest BCUT2D eigenvalue weighted by atomic mass is 16.6. The number of carbonyl (C=O) groups excluding carboxylic acids is 1. The van der Waals surface area contributed by atoms with Crippen molar-refractivity contribution in [1.82, 2.24) is 0 Å². The Morgan fingerprint density at radius 3 is 2.92 bits per heavy atom. The lowest BCUT2D eigenvalue weighted by molar-refractivity contribution is -0.145. The number of carbonyl (C=O) groups is 1. The van der Waals surface area contributed by atoms with Crippen LogP contribution in [0.25, 0.3) is 0 Å². The summed E-state index contributed by atoms with van der Waals surface area (Å²) in [7, 11) is 0. The zero-order chi connectivity index (χ0) is 8.97. The fourth-order valence-corrected chi connectivity index (χ4v) is 1.52. The molecule has 3 nitrogen and oxygen atoms in total. The quantitative estimate of drug-likeness (QED) is 0.646. The van der Waals surface area contributed by atoms with Crippen LogP contribution in [0.2, 0.25) is 0 Å². The van der Waals surface area contributed by atoms with Gasteiger partial charge in [0.25, 0.3) is 0 Å². The molecule has 0 aromatic carbocycles. The number of rotatable bonds is 4. The first-order chi connectivity index (χ1) is 5.77. The Morgan fingerprint density at radius 1 is 1.67 bits per heavy atom. The van der Waals surface area contributed by atoms with E-state index in [0.717, 1.165) is 19.3 Å². The van der Waals surface area contributed by atoms with Gasteiger partial charge in [-0.1, -0.05) is 19.8 Å². The molecule has 0 bridgehead atoms. The molecular formula is C9H16O3. The predicted molar refractivity (Wildman–Crippen MR) is 44.6 cm³/mol. The van der Waals surface area contributed by atoms with Gasteiger partial charge >= 0.3 is 5.97 Å². The highest BCUT2D eigenvalue weighted by Gasteiger charge is 2.32. The summed E-state index contributed by atoms with van der Waals surface area (Å²) in [5, 5.41) is 8.75. The van der Waals surface area contributed by atoms with Crippen LogP contribution in [-0.2, 0) is 9.53 Å². The van der Waals surface area contributed by atoms with Crippen molar-refractivity contribution in [3.05, 3.63) is 0 Å². The maximum absolute atomic E-state index is 11.1. The Labute approximate surface area is 72.7 Å². The van der Waals surface area contributed by atoms with Gasteiger partial charge in [-0.15, -0.1) is 0 Å². The second kappa shape index (κ2) is 4.45. The average molecular weight is 172 g/mol. The first-order valence-electron chi connectivity index (χ1n) is 4.59. The zero-order valence-corrected chi connectivity index (χ0v) is 7.45. The summed E-state index contributed by atoms with van der Waals surface area (Å²) >= 11 is 0. The van der Waals surface area contributed by atoms with Crippen LogP contribution in [-0.4, -0.2) is 23.8 Å². The number of hydrogen-bond donors (Lipinski definition) is 1. The number of cyclic esters (lactones) is 1. The van der Waals surface area contributed by atoms with Crippen LogP contribution in [0.15, 0.2) is 0 Å². The summed E-state index contributed by atoms with van der Waals surface area (Å²) in [5.74, 6) is -0.0791. The van der Waals surface area contributed by atoms with Crippen molar-refractivity contribution in [3.63, 3.8) is 0 Å². The molecule has 0 radical (unpaired) electrons. The van der Waals surface area contributed by atoms with Crippen molar-refractivity contribution in [3.8, 4) is 0 Å². The van der Waals surface area contributed by atoms with Crippen molar-refractivity contribution >= 4 is 5.97 Å². The third-order valence-corrected chi connectivity index (χ3v) is 2.27. The van der Waals surface area contributed by atoms with Gasteiger partial charge < -0.3 is 9.84 Å². The average Bonchev–Trinajstić information content (AvgIpc) is 2.43. The molecule has 1 saturated heterocycles. The van der Waals surface area contributed by atoms with E-state index in [1.54, 1.807) is 0 Å². The molecule has 0 aromatic heterocycles. The number of aliphatic hydroxyl groups excluding tert-OH is 1. The third kappa shape index (κ3) is 2.21. The molecule has 70 valence electrons. The van der Waals surface area contributed by atoms with Crippen LogP contribution in [0.3, 0.4) is 0 Å². The first-order valence-corrected chi connectivity index (χ1v) is 4.59. The topological polar surface area (TPSA) is 46.5 Å². The largest absolute Gasteiger partial charge is 0.460 e. The van der Waals surface area contributed by atoms with E-state index >= 15 is 0 Å². The predicted octanol–water partition coefficient (Wildman–Crippen LogP) is 1.10. The molecule has 0 spiro atoms. The van der Waals surface area contributed by atoms with Gasteiger partial charge in [0.15, 0.2) is 0 Å². The number of esters is 1. The monoisotopic (exact) mass is 172 g/mol. The van der Waals surface area contributed by atoms with E-state index in [0.29, 0.717) is 6.42 Å². The van der Waals surface area contributed by atoms with E-state index < -0.39 is 0 Å². The van der Waals surface area contributed by atoms with E-state index in [9.17, 15) is 4.79 Å². The van der Waals surface area contributed by atoms with E-state index in [4.69, 9.17) is 9.84 Å². The smallest absolute Gasteiger partial charge is 0.309 e. The van der Waals surface area contributed by atoms with Gasteiger partial charge in [0.2, 0.25) is 0 Å². The van der Waals surface area contributed by atoms with Crippen molar-refractivity contribution in [2.24, 2.45) is 5.92 Å². The van der Waals surface area contributed by atoms with Gasteiger partial charge in [0.05, 0.1) is 12.5 Å².